The van der Waals surface area contributed by atoms with Gasteiger partial charge in [-0.25, -0.2) is 0 Å². The molecule has 0 aliphatic heterocycles. The van der Waals surface area contributed by atoms with Crippen LogP contribution in [0.2, 0.25) is 0 Å². The van der Waals surface area contributed by atoms with Crippen molar-refractivity contribution in [2.75, 3.05) is 0 Å². The summed E-state index contributed by atoms with van der Waals surface area (Å²) in [6, 6.07) is 0. The third kappa shape index (κ3) is 0.728. The van der Waals surface area contributed by atoms with Crippen molar-refractivity contribution in [2.24, 2.45) is 17.3 Å². The molecule has 2 nitrogen and oxygen atoms in total. The van der Waals surface area contributed by atoms with Gasteiger partial charge >= 0.3 is 0 Å². The third-order valence-corrected chi connectivity index (χ3v) is 3.46. The minimum atomic E-state index is 0.0468. The van der Waals surface area contributed by atoms with Crippen LogP contribution in [0.4, 0.5) is 0 Å². The van der Waals surface area contributed by atoms with Gasteiger partial charge in [-0.15, -0.1) is 0 Å². The van der Waals surface area contributed by atoms with Gasteiger partial charge in [-0.05, 0) is 24.2 Å². The zero-order valence-electron chi connectivity index (χ0n) is 7.72. The largest absolute Gasteiger partial charge is 0.512 e. The number of hydrogen-bond donors (Lipinski definition) is 1. The van der Waals surface area contributed by atoms with Gasteiger partial charge < -0.3 is 5.11 Å². The van der Waals surface area contributed by atoms with E-state index in [2.05, 4.69) is 13.8 Å². The molecule has 0 amide bonds. The molecule has 1 saturated carbocycles. The van der Waals surface area contributed by atoms with Crippen LogP contribution >= 0.6 is 0 Å². The van der Waals surface area contributed by atoms with Crippen LogP contribution in [0.25, 0.3) is 0 Å². The normalized spacial score (nSPS) is 36.6. The number of aliphatic hydroxyl groups is 1. The number of allylic oxidation sites excluding steroid dienone is 2. The number of ketones is 1. The van der Waals surface area contributed by atoms with Crippen LogP contribution in [0.3, 0.4) is 0 Å². The van der Waals surface area contributed by atoms with Gasteiger partial charge in [0.05, 0.1) is 5.76 Å². The second-order valence-corrected chi connectivity index (χ2v) is 4.53. The van der Waals surface area contributed by atoms with E-state index in [4.69, 9.17) is 0 Å². The molecule has 12 heavy (non-hydrogen) atoms. The number of hydrogen-bond acceptors (Lipinski definition) is 2. The quantitative estimate of drug-likeness (QED) is 0.647. The summed E-state index contributed by atoms with van der Waals surface area (Å²) in [5, 5.41) is 9.45. The second kappa shape index (κ2) is 1.93. The maximum Gasteiger partial charge on any atom is 0.159 e. The van der Waals surface area contributed by atoms with Crippen LogP contribution in [-0.4, -0.2) is 10.9 Å². The van der Waals surface area contributed by atoms with Gasteiger partial charge in [-0.1, -0.05) is 13.8 Å². The molecule has 0 heterocycles. The summed E-state index contributed by atoms with van der Waals surface area (Å²) in [6.07, 6.45) is 0.715. The Balaban J connectivity index is 2.33. The Bertz CT molecular complexity index is 286. The summed E-state index contributed by atoms with van der Waals surface area (Å²) in [5.41, 5.74) is 0.956. The van der Waals surface area contributed by atoms with Crippen molar-refractivity contribution in [3.05, 3.63) is 11.3 Å². The third-order valence-electron chi connectivity index (χ3n) is 3.46. The predicted octanol–water partition coefficient (Wildman–Crippen LogP) is 2.06. The minimum absolute atomic E-state index is 0.0468. The summed E-state index contributed by atoms with van der Waals surface area (Å²) in [7, 11) is 0. The summed E-state index contributed by atoms with van der Waals surface area (Å²) in [5.74, 6) is 1.26. The van der Waals surface area contributed by atoms with Crippen molar-refractivity contribution in [3.8, 4) is 0 Å². The molecule has 0 aromatic heterocycles. The van der Waals surface area contributed by atoms with Gasteiger partial charge in [0.15, 0.2) is 5.78 Å². The fourth-order valence-corrected chi connectivity index (χ4v) is 2.62. The Morgan fingerprint density at radius 2 is 2.17 bits per heavy atom. The van der Waals surface area contributed by atoms with E-state index in [0.717, 1.165) is 0 Å². The molecule has 1 fully saturated rings. The number of Topliss-reactive ketones (excluding diaryl/α,β-unsaturated/α-hetero) is 1. The van der Waals surface area contributed by atoms with E-state index in [9.17, 15) is 9.90 Å². The maximum absolute atomic E-state index is 11.2. The minimum Gasteiger partial charge on any atom is -0.512 e. The van der Waals surface area contributed by atoms with Gasteiger partial charge in [-0.2, -0.15) is 0 Å². The molecule has 0 unspecified atom stereocenters. The predicted molar refractivity (Wildman–Crippen MR) is 45.7 cm³/mol. The zero-order chi connectivity index (χ0) is 9.09. The van der Waals surface area contributed by atoms with Crippen LogP contribution < -0.4 is 0 Å². The van der Waals surface area contributed by atoms with Gasteiger partial charge in [0.2, 0.25) is 0 Å². The van der Waals surface area contributed by atoms with E-state index in [1.807, 2.05) is 0 Å². The average Bonchev–Trinajstić information content (AvgIpc) is 2.40. The summed E-state index contributed by atoms with van der Waals surface area (Å²) < 4.78 is 0. The lowest BCUT2D eigenvalue weighted by Crippen LogP contribution is -2.06. The molecule has 0 aromatic carbocycles. The van der Waals surface area contributed by atoms with Gasteiger partial charge in [0.1, 0.15) is 0 Å². The van der Waals surface area contributed by atoms with E-state index in [1.54, 1.807) is 6.92 Å². The highest BCUT2D eigenvalue weighted by atomic mass is 16.3. The van der Waals surface area contributed by atoms with Gasteiger partial charge in [0, 0.05) is 12.0 Å². The van der Waals surface area contributed by atoms with E-state index >= 15 is 0 Å². The van der Waals surface area contributed by atoms with Crippen LogP contribution in [0.1, 0.15) is 27.2 Å². The number of carbonyl (C=O) groups excluding carboxylic acids is 1. The number of fused-ring (bicyclic) bond motifs is 1. The lowest BCUT2D eigenvalue weighted by atomic mass is 9.97. The molecule has 0 bridgehead atoms. The lowest BCUT2D eigenvalue weighted by molar-refractivity contribution is -0.114. The SMILES string of the molecule is CC(=O)C1=C(O)C[C@H]2[C@@H]1C2(C)C. The molecule has 2 heteroatoms. The van der Waals surface area contributed by atoms with Crippen LogP contribution in [-0.2, 0) is 4.79 Å². The van der Waals surface area contributed by atoms with Crippen LogP contribution in [0.15, 0.2) is 11.3 Å². The van der Waals surface area contributed by atoms with Crippen molar-refractivity contribution < 1.29 is 9.90 Å². The summed E-state index contributed by atoms with van der Waals surface area (Å²) in [4.78, 5) is 11.2. The first-order chi connectivity index (χ1) is 5.46. The van der Waals surface area contributed by atoms with Crippen LogP contribution in [0.5, 0.6) is 0 Å². The Kier molecular flexibility index (Phi) is 1.26. The van der Waals surface area contributed by atoms with Crippen LogP contribution in [0, 0.1) is 17.3 Å². The fourth-order valence-electron chi connectivity index (χ4n) is 2.62. The van der Waals surface area contributed by atoms with E-state index in [0.29, 0.717) is 29.6 Å². The molecule has 0 saturated heterocycles. The molecule has 0 radical (unpaired) electrons. The number of rotatable bonds is 1. The van der Waals surface area contributed by atoms with E-state index < -0.39 is 0 Å². The van der Waals surface area contributed by atoms with E-state index in [-0.39, 0.29) is 11.2 Å². The van der Waals surface area contributed by atoms with Crippen molar-refractivity contribution in [1.82, 2.24) is 0 Å². The molecule has 2 rings (SSSR count). The topological polar surface area (TPSA) is 37.3 Å². The first-order valence-electron chi connectivity index (χ1n) is 4.39. The van der Waals surface area contributed by atoms with Crippen molar-refractivity contribution in [3.63, 3.8) is 0 Å². The average molecular weight is 166 g/mol. The molecule has 0 aromatic rings. The molecule has 0 spiro atoms. The molecular weight excluding hydrogens is 152 g/mol. The Morgan fingerprint density at radius 1 is 1.58 bits per heavy atom. The highest BCUT2D eigenvalue weighted by molar-refractivity contribution is 5.96. The first kappa shape index (κ1) is 7.84. The number of carbonyl (C=O) groups is 1. The molecule has 2 atom stereocenters. The zero-order valence-corrected chi connectivity index (χ0v) is 7.72. The Morgan fingerprint density at radius 3 is 2.50 bits per heavy atom. The maximum atomic E-state index is 11.2. The molecule has 2 aliphatic rings. The summed E-state index contributed by atoms with van der Waals surface area (Å²) >= 11 is 0. The standard InChI is InChI=1S/C10H14O2/c1-5(11)8-7(12)4-6-9(8)10(6,2)3/h6,9,12H,4H2,1-3H3/t6-,9-/m0/s1. The smallest absolute Gasteiger partial charge is 0.159 e. The molecule has 1 N–H and O–H groups in total. The first-order valence-corrected chi connectivity index (χ1v) is 4.39. The fraction of sp³-hybridized carbons (Fsp3) is 0.700. The lowest BCUT2D eigenvalue weighted by Gasteiger charge is -2.09. The van der Waals surface area contributed by atoms with Crippen molar-refractivity contribution >= 4 is 5.78 Å². The Hall–Kier alpha value is -0.790. The van der Waals surface area contributed by atoms with E-state index in [1.165, 1.54) is 0 Å². The molecule has 66 valence electrons. The second-order valence-electron chi connectivity index (χ2n) is 4.53. The summed E-state index contributed by atoms with van der Waals surface area (Å²) in [6.45, 7) is 5.87. The highest BCUT2D eigenvalue weighted by Crippen LogP contribution is 2.68. The monoisotopic (exact) mass is 166 g/mol. The highest BCUT2D eigenvalue weighted by Gasteiger charge is 2.64. The van der Waals surface area contributed by atoms with Gasteiger partial charge in [-0.3, -0.25) is 4.79 Å². The Labute approximate surface area is 72.3 Å². The number of aliphatic hydroxyl groups excluding tert-OH is 1. The van der Waals surface area contributed by atoms with Crippen molar-refractivity contribution in [1.29, 1.82) is 0 Å². The van der Waals surface area contributed by atoms with Crippen molar-refractivity contribution in [2.45, 2.75) is 27.2 Å². The van der Waals surface area contributed by atoms with Gasteiger partial charge in [0.25, 0.3) is 0 Å². The molecule has 2 aliphatic carbocycles. The molecular formula is C10H14O2.